The van der Waals surface area contributed by atoms with Gasteiger partial charge in [-0.05, 0) is 67.8 Å². The number of hydrogen-bond donors (Lipinski definition) is 1. The molecule has 0 aliphatic heterocycles. The van der Waals surface area contributed by atoms with Crippen LogP contribution in [0.5, 0.6) is 5.75 Å². The highest BCUT2D eigenvalue weighted by Gasteiger charge is 2.15. The van der Waals surface area contributed by atoms with Crippen molar-refractivity contribution in [3.63, 3.8) is 0 Å². The van der Waals surface area contributed by atoms with E-state index in [9.17, 15) is 4.79 Å². The fraction of sp³-hybridized carbons (Fsp3) is 0.200. The summed E-state index contributed by atoms with van der Waals surface area (Å²) in [5, 5.41) is 9.41. The number of para-hydroxylation sites is 1. The van der Waals surface area contributed by atoms with Gasteiger partial charge in [0.2, 0.25) is 0 Å². The van der Waals surface area contributed by atoms with E-state index in [1.54, 1.807) is 0 Å². The van der Waals surface area contributed by atoms with E-state index in [0.29, 0.717) is 18.1 Å². The number of unbranched alkanes of at least 4 members (excludes halogenated alkanes) is 2. The first-order valence-electron chi connectivity index (χ1n) is 10.3. The summed E-state index contributed by atoms with van der Waals surface area (Å²) in [6.07, 6.45) is 2.52. The van der Waals surface area contributed by atoms with E-state index >= 15 is 0 Å². The molecule has 0 radical (unpaired) electrons. The Morgan fingerprint density at radius 1 is 0.968 bits per heavy atom. The molecule has 0 saturated carbocycles. The molecule has 0 amide bonds. The van der Waals surface area contributed by atoms with E-state index in [2.05, 4.69) is 16.7 Å². The molecule has 0 aliphatic carbocycles. The SMILES string of the molecule is O=C(O)CCCCCOc1ccc2nc(-c3ccc(Cl)cc3)n(-c3ccccc3)c2c1. The number of hydrogen-bond acceptors (Lipinski definition) is 3. The molecule has 158 valence electrons. The monoisotopic (exact) mass is 434 g/mol. The minimum Gasteiger partial charge on any atom is -0.494 e. The summed E-state index contributed by atoms with van der Waals surface area (Å²) in [6.45, 7) is 0.550. The van der Waals surface area contributed by atoms with Crippen LogP contribution in [0.2, 0.25) is 5.02 Å². The first-order valence-corrected chi connectivity index (χ1v) is 10.7. The van der Waals surface area contributed by atoms with Crippen LogP contribution in [-0.2, 0) is 4.79 Å². The minimum absolute atomic E-state index is 0.204. The van der Waals surface area contributed by atoms with Crippen LogP contribution in [0.1, 0.15) is 25.7 Å². The molecule has 0 atom stereocenters. The maximum Gasteiger partial charge on any atom is 0.303 e. The lowest BCUT2D eigenvalue weighted by molar-refractivity contribution is -0.137. The van der Waals surface area contributed by atoms with Crippen molar-refractivity contribution in [2.75, 3.05) is 6.61 Å². The topological polar surface area (TPSA) is 64.3 Å². The van der Waals surface area contributed by atoms with Gasteiger partial charge in [0.15, 0.2) is 0 Å². The van der Waals surface area contributed by atoms with Crippen LogP contribution in [0.15, 0.2) is 72.8 Å². The van der Waals surface area contributed by atoms with Gasteiger partial charge in [0.25, 0.3) is 0 Å². The molecule has 1 N–H and O–H groups in total. The molecule has 0 aliphatic rings. The van der Waals surface area contributed by atoms with Crippen LogP contribution < -0.4 is 4.74 Å². The van der Waals surface area contributed by atoms with Gasteiger partial charge in [-0.15, -0.1) is 0 Å². The van der Waals surface area contributed by atoms with Crippen molar-refractivity contribution in [1.29, 1.82) is 0 Å². The second-order valence-electron chi connectivity index (χ2n) is 7.32. The van der Waals surface area contributed by atoms with Crippen LogP contribution in [-0.4, -0.2) is 27.2 Å². The Morgan fingerprint density at radius 3 is 2.48 bits per heavy atom. The highest BCUT2D eigenvalue weighted by atomic mass is 35.5. The molecule has 0 bridgehead atoms. The molecule has 1 heterocycles. The number of carboxylic acids is 1. The number of ether oxygens (including phenoxy) is 1. The van der Waals surface area contributed by atoms with Crippen molar-refractivity contribution in [2.24, 2.45) is 0 Å². The summed E-state index contributed by atoms with van der Waals surface area (Å²) in [5.41, 5.74) is 3.83. The van der Waals surface area contributed by atoms with Crippen molar-refractivity contribution in [3.05, 3.63) is 77.8 Å². The molecule has 0 spiro atoms. The number of imidazole rings is 1. The summed E-state index contributed by atoms with van der Waals surface area (Å²) in [7, 11) is 0. The molecule has 1 aromatic heterocycles. The lowest BCUT2D eigenvalue weighted by Gasteiger charge is -2.11. The van der Waals surface area contributed by atoms with Gasteiger partial charge in [-0.2, -0.15) is 0 Å². The first-order chi connectivity index (χ1) is 15.1. The molecule has 0 fully saturated rings. The number of rotatable bonds is 9. The fourth-order valence-corrected chi connectivity index (χ4v) is 3.65. The standard InChI is InChI=1S/C25H23ClN2O3/c26-19-12-10-18(11-13-19)25-27-22-15-14-21(31-16-6-2-5-9-24(29)30)17-23(22)28(25)20-7-3-1-4-8-20/h1,3-4,7-8,10-15,17H,2,5-6,9,16H2,(H,29,30). The predicted octanol–water partition coefficient (Wildman–Crippen LogP) is 6.37. The Bertz CT molecular complexity index is 1170. The molecule has 4 aromatic rings. The molecule has 0 saturated heterocycles. The van der Waals surface area contributed by atoms with Gasteiger partial charge in [0.1, 0.15) is 11.6 Å². The van der Waals surface area contributed by atoms with Gasteiger partial charge in [-0.3, -0.25) is 9.36 Å². The van der Waals surface area contributed by atoms with E-state index in [4.69, 9.17) is 26.4 Å². The fourth-order valence-electron chi connectivity index (χ4n) is 3.52. The van der Waals surface area contributed by atoms with Gasteiger partial charge in [-0.1, -0.05) is 29.8 Å². The second kappa shape index (κ2) is 9.67. The van der Waals surface area contributed by atoms with E-state index in [0.717, 1.165) is 46.7 Å². The van der Waals surface area contributed by atoms with Crippen LogP contribution in [0.25, 0.3) is 28.1 Å². The molecule has 0 unspecified atom stereocenters. The number of carbonyl (C=O) groups is 1. The van der Waals surface area contributed by atoms with Gasteiger partial charge in [-0.25, -0.2) is 4.98 Å². The van der Waals surface area contributed by atoms with E-state index in [1.165, 1.54) is 0 Å². The third-order valence-electron chi connectivity index (χ3n) is 5.05. The summed E-state index contributed by atoms with van der Waals surface area (Å²) in [5.74, 6) is 0.853. The lowest BCUT2D eigenvalue weighted by atomic mass is 10.2. The number of carboxylic acid groups (broad SMARTS) is 1. The van der Waals surface area contributed by atoms with Crippen LogP contribution in [0.3, 0.4) is 0 Å². The van der Waals surface area contributed by atoms with Crippen molar-refractivity contribution in [2.45, 2.75) is 25.7 Å². The van der Waals surface area contributed by atoms with Gasteiger partial charge >= 0.3 is 5.97 Å². The predicted molar refractivity (Wildman–Crippen MR) is 123 cm³/mol. The Morgan fingerprint density at radius 2 is 1.74 bits per heavy atom. The Labute approximate surface area is 185 Å². The van der Waals surface area contributed by atoms with Gasteiger partial charge in [0, 0.05) is 28.8 Å². The minimum atomic E-state index is -0.753. The smallest absolute Gasteiger partial charge is 0.303 e. The molecular formula is C25H23ClN2O3. The summed E-state index contributed by atoms with van der Waals surface area (Å²) < 4.78 is 8.06. The Kier molecular flexibility index (Phi) is 6.53. The van der Waals surface area contributed by atoms with Crippen molar-refractivity contribution in [1.82, 2.24) is 9.55 Å². The first kappa shape index (κ1) is 20.9. The Hall–Kier alpha value is -3.31. The van der Waals surface area contributed by atoms with Crippen LogP contribution >= 0.6 is 11.6 Å². The molecule has 3 aromatic carbocycles. The van der Waals surface area contributed by atoms with E-state index in [-0.39, 0.29) is 6.42 Å². The number of aliphatic carboxylic acids is 1. The Balaban J connectivity index is 1.63. The number of benzene rings is 3. The third kappa shape index (κ3) is 5.06. The molecule has 6 heteroatoms. The zero-order chi connectivity index (χ0) is 21.6. The second-order valence-corrected chi connectivity index (χ2v) is 7.75. The van der Waals surface area contributed by atoms with Crippen molar-refractivity contribution < 1.29 is 14.6 Å². The maximum atomic E-state index is 10.6. The summed E-state index contributed by atoms with van der Waals surface area (Å²) in [4.78, 5) is 15.5. The van der Waals surface area contributed by atoms with Crippen molar-refractivity contribution >= 4 is 28.6 Å². The molecular weight excluding hydrogens is 412 g/mol. The number of nitrogens with zero attached hydrogens (tertiary/aromatic N) is 2. The van der Waals surface area contributed by atoms with Crippen LogP contribution in [0, 0.1) is 0 Å². The van der Waals surface area contributed by atoms with E-state index < -0.39 is 5.97 Å². The summed E-state index contributed by atoms with van der Waals surface area (Å²) in [6, 6.07) is 23.7. The number of halogens is 1. The molecule has 4 rings (SSSR count). The number of fused-ring (bicyclic) bond motifs is 1. The quantitative estimate of drug-likeness (QED) is 0.311. The zero-order valence-corrected chi connectivity index (χ0v) is 17.8. The highest BCUT2D eigenvalue weighted by Crippen LogP contribution is 2.31. The van der Waals surface area contributed by atoms with Gasteiger partial charge < -0.3 is 9.84 Å². The zero-order valence-electron chi connectivity index (χ0n) is 17.0. The maximum absolute atomic E-state index is 10.6. The largest absolute Gasteiger partial charge is 0.494 e. The average molecular weight is 435 g/mol. The van der Waals surface area contributed by atoms with Crippen LogP contribution in [0.4, 0.5) is 0 Å². The van der Waals surface area contributed by atoms with Gasteiger partial charge in [0.05, 0.1) is 17.6 Å². The average Bonchev–Trinajstić information content (AvgIpc) is 3.16. The van der Waals surface area contributed by atoms with Crippen molar-refractivity contribution in [3.8, 4) is 22.8 Å². The normalized spacial score (nSPS) is 11.0. The lowest BCUT2D eigenvalue weighted by Crippen LogP contribution is -2.00. The number of aromatic nitrogens is 2. The molecule has 5 nitrogen and oxygen atoms in total. The third-order valence-corrected chi connectivity index (χ3v) is 5.30. The molecule has 31 heavy (non-hydrogen) atoms. The summed E-state index contributed by atoms with van der Waals surface area (Å²) >= 11 is 6.08. The highest BCUT2D eigenvalue weighted by molar-refractivity contribution is 6.30. The van der Waals surface area contributed by atoms with E-state index in [1.807, 2.05) is 60.7 Å².